The summed E-state index contributed by atoms with van der Waals surface area (Å²) in [5.41, 5.74) is -1.93. The van der Waals surface area contributed by atoms with Gasteiger partial charge in [0, 0.05) is 25.6 Å². The van der Waals surface area contributed by atoms with Crippen LogP contribution in [-0.2, 0) is 17.5 Å². The molecule has 0 atom stereocenters. The van der Waals surface area contributed by atoms with Gasteiger partial charge in [-0.25, -0.2) is 13.2 Å². The molecule has 0 saturated heterocycles. The van der Waals surface area contributed by atoms with Crippen molar-refractivity contribution in [2.24, 2.45) is 0 Å². The van der Waals surface area contributed by atoms with Gasteiger partial charge in [-0.1, -0.05) is 6.07 Å². The Morgan fingerprint density at radius 3 is 2.18 bits per heavy atom. The summed E-state index contributed by atoms with van der Waals surface area (Å²) in [5.74, 6) is -4.54. The molecule has 2 aromatic carbocycles. The summed E-state index contributed by atoms with van der Waals surface area (Å²) in [4.78, 5) is 23.5. The monoisotopic (exact) mass is 404 g/mol. The molecule has 10 heteroatoms. The Morgan fingerprint density at radius 1 is 0.893 bits per heavy atom. The third-order valence-electron chi connectivity index (χ3n) is 3.67. The quantitative estimate of drug-likeness (QED) is 0.724. The maximum atomic E-state index is 13.5. The van der Waals surface area contributed by atoms with E-state index in [1.54, 1.807) is 0 Å². The Hall–Kier alpha value is -3.04. The van der Waals surface area contributed by atoms with E-state index in [-0.39, 0.29) is 18.5 Å². The lowest BCUT2D eigenvalue weighted by Gasteiger charge is -2.13. The van der Waals surface area contributed by atoms with Crippen molar-refractivity contribution in [2.75, 3.05) is 6.54 Å². The smallest absolute Gasteiger partial charge is 0.352 e. The van der Waals surface area contributed by atoms with Crippen molar-refractivity contribution in [3.8, 4) is 0 Å². The van der Waals surface area contributed by atoms with E-state index in [1.807, 2.05) is 0 Å². The van der Waals surface area contributed by atoms with Crippen molar-refractivity contribution in [3.05, 3.63) is 70.5 Å². The van der Waals surface area contributed by atoms with Crippen LogP contribution in [0.2, 0.25) is 0 Å². The molecule has 0 aliphatic rings. The molecular formula is C18H14F6N2O2. The SMILES string of the molecule is O=C(CCNC(=O)c1ccc(F)cc1F)NCc1ccc(F)cc1C(F)(F)F. The molecular weight excluding hydrogens is 390 g/mol. The van der Waals surface area contributed by atoms with Crippen molar-refractivity contribution in [1.29, 1.82) is 0 Å². The molecule has 2 N–H and O–H groups in total. The third-order valence-corrected chi connectivity index (χ3v) is 3.67. The number of benzene rings is 2. The van der Waals surface area contributed by atoms with Crippen LogP contribution in [0.3, 0.4) is 0 Å². The molecule has 4 nitrogen and oxygen atoms in total. The molecule has 0 bridgehead atoms. The van der Waals surface area contributed by atoms with Crippen molar-refractivity contribution in [1.82, 2.24) is 10.6 Å². The molecule has 2 aromatic rings. The van der Waals surface area contributed by atoms with Gasteiger partial charge in [-0.15, -0.1) is 0 Å². The Balaban J connectivity index is 1.86. The summed E-state index contributed by atoms with van der Waals surface area (Å²) in [6.07, 6.45) is -5.08. The minimum absolute atomic E-state index is 0.225. The van der Waals surface area contributed by atoms with Gasteiger partial charge in [0.25, 0.3) is 5.91 Å². The largest absolute Gasteiger partial charge is 0.416 e. The Labute approximate surface area is 155 Å². The number of nitrogens with one attached hydrogen (secondary N) is 2. The number of hydrogen-bond acceptors (Lipinski definition) is 2. The van der Waals surface area contributed by atoms with Crippen LogP contribution >= 0.6 is 0 Å². The van der Waals surface area contributed by atoms with Crippen LogP contribution in [0.5, 0.6) is 0 Å². The van der Waals surface area contributed by atoms with Gasteiger partial charge in [-0.2, -0.15) is 13.2 Å². The van der Waals surface area contributed by atoms with Gasteiger partial charge < -0.3 is 10.6 Å². The van der Waals surface area contributed by atoms with Crippen LogP contribution in [0.4, 0.5) is 26.3 Å². The number of carbonyl (C=O) groups is 2. The minimum Gasteiger partial charge on any atom is -0.352 e. The number of carbonyl (C=O) groups excluding carboxylic acids is 2. The van der Waals surface area contributed by atoms with Crippen LogP contribution < -0.4 is 10.6 Å². The zero-order chi connectivity index (χ0) is 20.9. The van der Waals surface area contributed by atoms with E-state index < -0.39 is 53.1 Å². The second-order valence-electron chi connectivity index (χ2n) is 5.71. The number of halogens is 6. The zero-order valence-corrected chi connectivity index (χ0v) is 14.2. The van der Waals surface area contributed by atoms with Gasteiger partial charge in [0.1, 0.15) is 17.5 Å². The highest BCUT2D eigenvalue weighted by atomic mass is 19.4. The van der Waals surface area contributed by atoms with Gasteiger partial charge in [0.15, 0.2) is 0 Å². The van der Waals surface area contributed by atoms with Crippen LogP contribution in [0, 0.1) is 17.5 Å². The molecule has 0 fully saturated rings. The average molecular weight is 404 g/mol. The normalized spacial score (nSPS) is 11.2. The highest BCUT2D eigenvalue weighted by Gasteiger charge is 2.33. The van der Waals surface area contributed by atoms with Crippen molar-refractivity contribution in [2.45, 2.75) is 19.1 Å². The van der Waals surface area contributed by atoms with E-state index in [0.717, 1.165) is 24.3 Å². The molecule has 150 valence electrons. The van der Waals surface area contributed by atoms with Crippen LogP contribution in [0.25, 0.3) is 0 Å². The molecule has 0 aliphatic carbocycles. The lowest BCUT2D eigenvalue weighted by Crippen LogP contribution is -2.31. The summed E-state index contributed by atoms with van der Waals surface area (Å²) in [6.45, 7) is -0.717. The molecule has 0 aliphatic heterocycles. The van der Waals surface area contributed by atoms with Crippen molar-refractivity contribution >= 4 is 11.8 Å². The molecule has 0 aromatic heterocycles. The Bertz CT molecular complexity index is 883. The summed E-state index contributed by atoms with van der Waals surface area (Å²) in [5, 5.41) is 4.47. The first kappa shape index (κ1) is 21.3. The standard InChI is InChI=1S/C18H14F6N2O2/c19-11-2-1-10(14(7-11)18(22,23)24)9-26-16(27)5-6-25-17(28)13-4-3-12(20)8-15(13)21/h1-4,7-8H,5-6,9H2,(H,25,28)(H,26,27). The fourth-order valence-electron chi connectivity index (χ4n) is 2.31. The molecule has 0 unspecified atom stereocenters. The lowest BCUT2D eigenvalue weighted by molar-refractivity contribution is -0.138. The highest BCUT2D eigenvalue weighted by Crippen LogP contribution is 2.32. The number of amides is 2. The summed E-state index contributed by atoms with van der Waals surface area (Å²) in [7, 11) is 0. The molecule has 2 rings (SSSR count). The van der Waals surface area contributed by atoms with Crippen LogP contribution in [0.1, 0.15) is 27.9 Å². The molecule has 0 heterocycles. The topological polar surface area (TPSA) is 58.2 Å². The molecule has 2 amide bonds. The molecule has 0 spiro atoms. The Morgan fingerprint density at radius 2 is 1.54 bits per heavy atom. The van der Waals surface area contributed by atoms with Gasteiger partial charge in [-0.05, 0) is 29.8 Å². The number of hydrogen-bond donors (Lipinski definition) is 2. The first-order valence-corrected chi connectivity index (χ1v) is 7.93. The van der Waals surface area contributed by atoms with E-state index in [9.17, 15) is 35.9 Å². The van der Waals surface area contributed by atoms with Crippen LogP contribution in [-0.4, -0.2) is 18.4 Å². The second kappa shape index (κ2) is 8.77. The predicted molar refractivity (Wildman–Crippen MR) is 86.6 cm³/mol. The summed E-state index contributed by atoms with van der Waals surface area (Å²) in [6, 6.07) is 4.45. The lowest BCUT2D eigenvalue weighted by atomic mass is 10.1. The zero-order valence-electron chi connectivity index (χ0n) is 14.2. The first-order valence-electron chi connectivity index (χ1n) is 7.93. The van der Waals surface area contributed by atoms with E-state index in [2.05, 4.69) is 10.6 Å². The maximum Gasteiger partial charge on any atom is 0.416 e. The predicted octanol–water partition coefficient (Wildman–Crippen LogP) is 3.56. The fraction of sp³-hybridized carbons (Fsp3) is 0.222. The molecule has 0 radical (unpaired) electrons. The van der Waals surface area contributed by atoms with Crippen molar-refractivity contribution < 1.29 is 35.9 Å². The van der Waals surface area contributed by atoms with Crippen molar-refractivity contribution in [3.63, 3.8) is 0 Å². The minimum atomic E-state index is -4.78. The first-order chi connectivity index (χ1) is 13.1. The molecule has 0 saturated carbocycles. The van der Waals surface area contributed by atoms with E-state index >= 15 is 0 Å². The Kier molecular flexibility index (Phi) is 6.66. The number of alkyl halides is 3. The van der Waals surface area contributed by atoms with E-state index in [1.165, 1.54) is 0 Å². The van der Waals surface area contributed by atoms with Gasteiger partial charge >= 0.3 is 6.18 Å². The van der Waals surface area contributed by atoms with Gasteiger partial charge in [0.2, 0.25) is 5.91 Å². The number of rotatable bonds is 6. The summed E-state index contributed by atoms with van der Waals surface area (Å²) >= 11 is 0. The summed E-state index contributed by atoms with van der Waals surface area (Å²) < 4.78 is 77.9. The fourth-order valence-corrected chi connectivity index (χ4v) is 2.31. The van der Waals surface area contributed by atoms with Crippen LogP contribution in [0.15, 0.2) is 36.4 Å². The second-order valence-corrected chi connectivity index (χ2v) is 5.71. The highest BCUT2D eigenvalue weighted by molar-refractivity contribution is 5.94. The van der Waals surface area contributed by atoms with Gasteiger partial charge in [-0.3, -0.25) is 9.59 Å². The van der Waals surface area contributed by atoms with Gasteiger partial charge in [0.05, 0.1) is 11.1 Å². The molecule has 28 heavy (non-hydrogen) atoms. The van der Waals surface area contributed by atoms with E-state index in [4.69, 9.17) is 0 Å². The average Bonchev–Trinajstić information content (AvgIpc) is 2.59. The third kappa shape index (κ3) is 5.73. The van der Waals surface area contributed by atoms with E-state index in [0.29, 0.717) is 12.1 Å². The maximum absolute atomic E-state index is 13.5.